The number of nitro benzene ring substituents is 1. The summed E-state index contributed by atoms with van der Waals surface area (Å²) >= 11 is 1.38. The van der Waals surface area contributed by atoms with Gasteiger partial charge >= 0.3 is 5.97 Å². The molecule has 140 valence electrons. The van der Waals surface area contributed by atoms with Crippen molar-refractivity contribution in [3.05, 3.63) is 69.8 Å². The van der Waals surface area contributed by atoms with Gasteiger partial charge in [0.25, 0.3) is 11.6 Å². The van der Waals surface area contributed by atoms with Crippen LogP contribution in [0.25, 0.3) is 0 Å². The van der Waals surface area contributed by atoms with E-state index in [-0.39, 0.29) is 30.3 Å². The molecule has 0 unspecified atom stereocenters. The Bertz CT molecular complexity index is 887. The van der Waals surface area contributed by atoms with E-state index in [9.17, 15) is 24.8 Å². The maximum atomic E-state index is 13.0. The lowest BCUT2D eigenvalue weighted by Crippen LogP contribution is -2.30. The molecule has 0 spiro atoms. The Balaban J connectivity index is 1.94. The third kappa shape index (κ3) is 3.80. The molecular weight excluding hydrogens is 368 g/mol. The maximum absolute atomic E-state index is 13.0. The number of carbonyl (C=O) groups excluding carboxylic acids is 1. The number of carboxylic acid groups (broad SMARTS) is 1. The number of nitrogens with zero attached hydrogens (tertiary/aromatic N) is 2. The van der Waals surface area contributed by atoms with Crippen molar-refractivity contribution < 1.29 is 19.6 Å². The molecule has 1 heterocycles. The smallest absolute Gasteiger partial charge is 0.308 e. The molecule has 1 N–H and O–H groups in total. The number of rotatable bonds is 5. The quantitative estimate of drug-likeness (QED) is 0.481. The van der Waals surface area contributed by atoms with E-state index in [4.69, 9.17) is 0 Å². The van der Waals surface area contributed by atoms with Gasteiger partial charge in [-0.1, -0.05) is 30.3 Å². The molecule has 1 fully saturated rings. The van der Waals surface area contributed by atoms with Crippen LogP contribution in [-0.4, -0.2) is 46.2 Å². The SMILES string of the molecule is CSc1ccc([N+](=O)[O-])c(C(=O)N2C[C@H](C(=O)O)[C@H](c3ccccc3)C2)c1. The molecule has 1 aliphatic rings. The first-order valence-corrected chi connectivity index (χ1v) is 9.54. The highest BCUT2D eigenvalue weighted by Gasteiger charge is 2.41. The lowest BCUT2D eigenvalue weighted by Gasteiger charge is -2.17. The number of aliphatic carboxylic acids is 1. The molecule has 2 atom stereocenters. The number of hydrogen-bond acceptors (Lipinski definition) is 5. The van der Waals surface area contributed by atoms with E-state index in [0.29, 0.717) is 0 Å². The molecule has 0 aromatic heterocycles. The van der Waals surface area contributed by atoms with Crippen LogP contribution in [0, 0.1) is 16.0 Å². The minimum Gasteiger partial charge on any atom is -0.481 e. The number of hydrogen-bond donors (Lipinski definition) is 1. The Hall–Kier alpha value is -2.87. The Labute approximate surface area is 160 Å². The van der Waals surface area contributed by atoms with Gasteiger partial charge in [-0.25, -0.2) is 0 Å². The van der Waals surface area contributed by atoms with Gasteiger partial charge in [0.1, 0.15) is 5.56 Å². The Morgan fingerprint density at radius 2 is 1.89 bits per heavy atom. The summed E-state index contributed by atoms with van der Waals surface area (Å²) in [5.74, 6) is -2.59. The van der Waals surface area contributed by atoms with Crippen molar-refractivity contribution in [3.63, 3.8) is 0 Å². The van der Waals surface area contributed by atoms with E-state index >= 15 is 0 Å². The first-order chi connectivity index (χ1) is 12.9. The largest absolute Gasteiger partial charge is 0.481 e. The number of likely N-dealkylation sites (tertiary alicyclic amines) is 1. The van der Waals surface area contributed by atoms with Crippen LogP contribution in [0.1, 0.15) is 21.8 Å². The number of benzene rings is 2. The first kappa shape index (κ1) is 18.9. The average molecular weight is 386 g/mol. The number of thioether (sulfide) groups is 1. The summed E-state index contributed by atoms with van der Waals surface area (Å²) in [6.07, 6.45) is 1.82. The van der Waals surface area contributed by atoms with Gasteiger partial charge in [-0.05, 0) is 24.0 Å². The third-order valence-corrected chi connectivity index (χ3v) is 5.51. The summed E-state index contributed by atoms with van der Waals surface area (Å²) in [4.78, 5) is 37.6. The van der Waals surface area contributed by atoms with Gasteiger partial charge in [0.2, 0.25) is 0 Å². The summed E-state index contributed by atoms with van der Waals surface area (Å²) in [6.45, 7) is 0.231. The second kappa shape index (κ2) is 7.79. The van der Waals surface area contributed by atoms with Crippen molar-refractivity contribution in [1.29, 1.82) is 0 Å². The number of carboxylic acids is 1. The predicted octanol–water partition coefficient (Wildman–Crippen LogP) is 3.26. The summed E-state index contributed by atoms with van der Waals surface area (Å²) in [5.41, 5.74) is 0.560. The van der Waals surface area contributed by atoms with Crippen LogP contribution in [0.5, 0.6) is 0 Å². The number of carbonyl (C=O) groups is 2. The fourth-order valence-electron chi connectivity index (χ4n) is 3.40. The van der Waals surface area contributed by atoms with Crippen LogP contribution in [0.15, 0.2) is 53.4 Å². The van der Waals surface area contributed by atoms with Crippen molar-refractivity contribution >= 4 is 29.3 Å². The zero-order chi connectivity index (χ0) is 19.6. The minimum absolute atomic E-state index is 0.00954. The van der Waals surface area contributed by atoms with Crippen LogP contribution in [-0.2, 0) is 4.79 Å². The summed E-state index contributed by atoms with van der Waals surface area (Å²) < 4.78 is 0. The van der Waals surface area contributed by atoms with E-state index in [0.717, 1.165) is 10.5 Å². The molecule has 0 radical (unpaired) electrons. The fourth-order valence-corrected chi connectivity index (χ4v) is 3.84. The second-order valence-corrected chi connectivity index (χ2v) is 7.19. The van der Waals surface area contributed by atoms with Gasteiger partial charge in [0.15, 0.2) is 0 Å². The normalized spacial score (nSPS) is 19.1. The van der Waals surface area contributed by atoms with E-state index in [1.807, 2.05) is 36.6 Å². The second-order valence-electron chi connectivity index (χ2n) is 6.31. The van der Waals surface area contributed by atoms with Crippen LogP contribution >= 0.6 is 11.8 Å². The molecule has 27 heavy (non-hydrogen) atoms. The Kier molecular flexibility index (Phi) is 5.46. The molecule has 3 rings (SSSR count). The fraction of sp³-hybridized carbons (Fsp3) is 0.263. The standard InChI is InChI=1S/C19H18N2O5S/c1-27-13-7-8-17(21(25)26)14(9-13)18(22)20-10-15(16(11-20)19(23)24)12-5-3-2-4-6-12/h2-9,15-16H,10-11H2,1H3,(H,23,24)/t15-,16-/m0/s1. The van der Waals surface area contributed by atoms with Gasteiger partial charge in [0, 0.05) is 30.0 Å². The van der Waals surface area contributed by atoms with Crippen LogP contribution in [0.2, 0.25) is 0 Å². The zero-order valence-corrected chi connectivity index (χ0v) is 15.4. The van der Waals surface area contributed by atoms with Crippen LogP contribution in [0.4, 0.5) is 5.69 Å². The number of nitro groups is 1. The third-order valence-electron chi connectivity index (χ3n) is 4.78. The van der Waals surface area contributed by atoms with Gasteiger partial charge in [-0.3, -0.25) is 19.7 Å². The van der Waals surface area contributed by atoms with E-state index in [2.05, 4.69) is 0 Å². The highest BCUT2D eigenvalue weighted by atomic mass is 32.2. The summed E-state index contributed by atoms with van der Waals surface area (Å²) in [7, 11) is 0. The molecule has 1 aliphatic heterocycles. The minimum atomic E-state index is -0.980. The average Bonchev–Trinajstić information content (AvgIpc) is 3.13. The lowest BCUT2D eigenvalue weighted by atomic mass is 9.89. The Morgan fingerprint density at radius 1 is 1.19 bits per heavy atom. The monoisotopic (exact) mass is 386 g/mol. The van der Waals surface area contributed by atoms with Crippen molar-refractivity contribution in [2.75, 3.05) is 19.3 Å². The van der Waals surface area contributed by atoms with Crippen molar-refractivity contribution in [1.82, 2.24) is 4.90 Å². The molecule has 0 saturated carbocycles. The predicted molar refractivity (Wildman–Crippen MR) is 101 cm³/mol. The maximum Gasteiger partial charge on any atom is 0.308 e. The molecule has 1 amide bonds. The highest BCUT2D eigenvalue weighted by molar-refractivity contribution is 7.98. The van der Waals surface area contributed by atoms with E-state index < -0.39 is 22.7 Å². The molecule has 8 heteroatoms. The highest BCUT2D eigenvalue weighted by Crippen LogP contribution is 2.35. The summed E-state index contributed by atoms with van der Waals surface area (Å²) in [5, 5.41) is 20.9. The molecule has 0 bridgehead atoms. The lowest BCUT2D eigenvalue weighted by molar-refractivity contribution is -0.385. The topological polar surface area (TPSA) is 101 Å². The molecule has 7 nitrogen and oxygen atoms in total. The molecule has 2 aromatic rings. The van der Waals surface area contributed by atoms with E-state index in [1.54, 1.807) is 6.07 Å². The zero-order valence-electron chi connectivity index (χ0n) is 14.6. The van der Waals surface area contributed by atoms with Crippen LogP contribution in [0.3, 0.4) is 0 Å². The molecule has 1 saturated heterocycles. The van der Waals surface area contributed by atoms with Crippen molar-refractivity contribution in [2.45, 2.75) is 10.8 Å². The first-order valence-electron chi connectivity index (χ1n) is 8.31. The van der Waals surface area contributed by atoms with Crippen LogP contribution < -0.4 is 0 Å². The van der Waals surface area contributed by atoms with Gasteiger partial charge in [0.05, 0.1) is 10.8 Å². The van der Waals surface area contributed by atoms with Crippen molar-refractivity contribution in [3.8, 4) is 0 Å². The Morgan fingerprint density at radius 3 is 2.48 bits per heavy atom. The molecule has 2 aromatic carbocycles. The van der Waals surface area contributed by atoms with Crippen molar-refractivity contribution in [2.24, 2.45) is 5.92 Å². The van der Waals surface area contributed by atoms with Gasteiger partial charge < -0.3 is 10.0 Å². The van der Waals surface area contributed by atoms with Gasteiger partial charge in [-0.15, -0.1) is 11.8 Å². The van der Waals surface area contributed by atoms with E-state index in [1.165, 1.54) is 28.8 Å². The molecule has 0 aliphatic carbocycles. The molecular formula is C19H18N2O5S. The summed E-state index contributed by atoms with van der Waals surface area (Å²) in [6, 6.07) is 13.6. The number of amides is 1. The van der Waals surface area contributed by atoms with Gasteiger partial charge in [-0.2, -0.15) is 0 Å².